The quantitative estimate of drug-likeness (QED) is 0.115. The zero-order chi connectivity index (χ0) is 28.1. The fourth-order valence-corrected chi connectivity index (χ4v) is 2.91. The van der Waals surface area contributed by atoms with Crippen LogP contribution in [0.25, 0.3) is 0 Å². The van der Waals surface area contributed by atoms with Gasteiger partial charge in [-0.3, -0.25) is 19.2 Å². The van der Waals surface area contributed by atoms with E-state index in [0.29, 0.717) is 52.1 Å². The molecule has 216 valence electrons. The standard InChI is InChI=1S/C26H46O11/c1-19(23(27)31-5)7-11-33-13-9-21(3)25(29)36-17-15-35-16-18-37-26(30)22(4)10-14-34-12-8-20(2)24(28)32-6/h19-22H,7-18H2,1-6H3. The molecule has 0 aromatic rings. The molecule has 4 unspecified atom stereocenters. The summed E-state index contributed by atoms with van der Waals surface area (Å²) in [6.45, 7) is 9.32. The Balaban J connectivity index is 3.69. The SMILES string of the molecule is COC(=O)C(C)CCOCCC(C)C(=O)OCCOCCOC(=O)C(C)CCOCCC(C)C(=O)OC. The monoisotopic (exact) mass is 534 g/mol. The van der Waals surface area contributed by atoms with E-state index in [9.17, 15) is 19.2 Å². The number of esters is 4. The molecule has 4 atom stereocenters. The van der Waals surface area contributed by atoms with Gasteiger partial charge in [-0.05, 0) is 25.7 Å². The Bertz CT molecular complexity index is 598. The van der Waals surface area contributed by atoms with Gasteiger partial charge in [-0.25, -0.2) is 0 Å². The lowest BCUT2D eigenvalue weighted by Gasteiger charge is -2.14. The van der Waals surface area contributed by atoms with Gasteiger partial charge in [0.2, 0.25) is 0 Å². The first-order valence-corrected chi connectivity index (χ1v) is 12.9. The summed E-state index contributed by atoms with van der Waals surface area (Å²) in [5, 5.41) is 0. The highest BCUT2D eigenvalue weighted by molar-refractivity contribution is 5.72. The smallest absolute Gasteiger partial charge is 0.308 e. The highest BCUT2D eigenvalue weighted by atomic mass is 16.6. The highest BCUT2D eigenvalue weighted by Gasteiger charge is 2.17. The topological polar surface area (TPSA) is 133 Å². The van der Waals surface area contributed by atoms with Crippen molar-refractivity contribution in [3.05, 3.63) is 0 Å². The van der Waals surface area contributed by atoms with Gasteiger partial charge in [-0.2, -0.15) is 0 Å². The lowest BCUT2D eigenvalue weighted by molar-refractivity contribution is -0.151. The molecule has 0 fully saturated rings. The van der Waals surface area contributed by atoms with E-state index in [1.807, 2.05) is 0 Å². The molecular formula is C26H46O11. The third kappa shape index (κ3) is 17.8. The highest BCUT2D eigenvalue weighted by Crippen LogP contribution is 2.09. The summed E-state index contributed by atoms with van der Waals surface area (Å²) in [6, 6.07) is 0. The van der Waals surface area contributed by atoms with Crippen molar-refractivity contribution in [2.45, 2.75) is 53.4 Å². The van der Waals surface area contributed by atoms with E-state index in [2.05, 4.69) is 9.47 Å². The summed E-state index contributed by atoms with van der Waals surface area (Å²) in [5.41, 5.74) is 0. The average molecular weight is 535 g/mol. The van der Waals surface area contributed by atoms with E-state index in [4.69, 9.17) is 23.7 Å². The van der Waals surface area contributed by atoms with Gasteiger partial charge in [-0.1, -0.05) is 27.7 Å². The van der Waals surface area contributed by atoms with E-state index < -0.39 is 0 Å². The number of carbonyl (C=O) groups is 4. The van der Waals surface area contributed by atoms with Crippen molar-refractivity contribution in [1.29, 1.82) is 0 Å². The maximum absolute atomic E-state index is 12.0. The van der Waals surface area contributed by atoms with Gasteiger partial charge in [0.25, 0.3) is 0 Å². The summed E-state index contributed by atoms with van der Waals surface area (Å²) in [7, 11) is 2.71. The molecule has 37 heavy (non-hydrogen) atoms. The molecule has 0 bridgehead atoms. The third-order valence-electron chi connectivity index (χ3n) is 5.74. The number of carbonyl (C=O) groups excluding carboxylic acids is 4. The first kappa shape index (κ1) is 34.8. The van der Waals surface area contributed by atoms with Gasteiger partial charge in [0.15, 0.2) is 0 Å². The van der Waals surface area contributed by atoms with Crippen molar-refractivity contribution < 1.29 is 52.3 Å². The minimum Gasteiger partial charge on any atom is -0.469 e. The van der Waals surface area contributed by atoms with Crippen molar-refractivity contribution >= 4 is 23.9 Å². The summed E-state index contributed by atoms with van der Waals surface area (Å²) >= 11 is 0. The molecule has 0 amide bonds. The lowest BCUT2D eigenvalue weighted by atomic mass is 10.1. The number of hydrogen-bond donors (Lipinski definition) is 0. The summed E-state index contributed by atoms with van der Waals surface area (Å²) in [4.78, 5) is 46.6. The Morgan fingerprint density at radius 1 is 0.432 bits per heavy atom. The van der Waals surface area contributed by atoms with Crippen molar-refractivity contribution in [3.8, 4) is 0 Å². The van der Waals surface area contributed by atoms with Crippen LogP contribution in [0.15, 0.2) is 0 Å². The van der Waals surface area contributed by atoms with Crippen LogP contribution in [0, 0.1) is 23.7 Å². The Morgan fingerprint density at radius 2 is 0.703 bits per heavy atom. The molecule has 0 aromatic carbocycles. The summed E-state index contributed by atoms with van der Waals surface area (Å²) < 4.78 is 36.0. The number of rotatable bonds is 22. The van der Waals surface area contributed by atoms with Crippen molar-refractivity contribution in [1.82, 2.24) is 0 Å². The third-order valence-corrected chi connectivity index (χ3v) is 5.74. The zero-order valence-electron chi connectivity index (χ0n) is 23.3. The van der Waals surface area contributed by atoms with Crippen LogP contribution in [0.2, 0.25) is 0 Å². The van der Waals surface area contributed by atoms with Gasteiger partial charge in [0.1, 0.15) is 13.2 Å². The predicted molar refractivity (Wildman–Crippen MR) is 134 cm³/mol. The Kier molecular flexibility index (Phi) is 20.5. The fourth-order valence-electron chi connectivity index (χ4n) is 2.91. The minimum absolute atomic E-state index is 0.108. The molecule has 0 spiro atoms. The first-order valence-electron chi connectivity index (χ1n) is 12.9. The van der Waals surface area contributed by atoms with Crippen molar-refractivity contribution in [2.24, 2.45) is 23.7 Å². The van der Waals surface area contributed by atoms with Crippen molar-refractivity contribution in [3.63, 3.8) is 0 Å². The van der Waals surface area contributed by atoms with Crippen LogP contribution in [-0.4, -0.2) is 91.0 Å². The molecule has 0 saturated heterocycles. The zero-order valence-corrected chi connectivity index (χ0v) is 23.3. The molecule has 0 saturated carbocycles. The van der Waals surface area contributed by atoms with Crippen molar-refractivity contribution in [2.75, 3.05) is 67.1 Å². The maximum atomic E-state index is 12.0. The summed E-state index contributed by atoms with van der Waals surface area (Å²) in [6.07, 6.45) is 2.14. The van der Waals surface area contributed by atoms with E-state index in [1.54, 1.807) is 27.7 Å². The van der Waals surface area contributed by atoms with E-state index in [1.165, 1.54) is 14.2 Å². The lowest BCUT2D eigenvalue weighted by Crippen LogP contribution is -2.21. The Labute approximate surface area is 220 Å². The molecule has 0 aliphatic carbocycles. The van der Waals surface area contributed by atoms with Crippen LogP contribution < -0.4 is 0 Å². The second-order valence-electron chi connectivity index (χ2n) is 8.98. The Hall–Kier alpha value is -2.24. The van der Waals surface area contributed by atoms with Crippen LogP contribution in [0.1, 0.15) is 53.4 Å². The average Bonchev–Trinajstić information content (AvgIpc) is 2.89. The second kappa shape index (κ2) is 21.8. The molecule has 11 nitrogen and oxygen atoms in total. The van der Waals surface area contributed by atoms with Gasteiger partial charge in [-0.15, -0.1) is 0 Å². The van der Waals surface area contributed by atoms with Crippen LogP contribution in [0.4, 0.5) is 0 Å². The van der Waals surface area contributed by atoms with Crippen LogP contribution in [-0.2, 0) is 52.3 Å². The fraction of sp³-hybridized carbons (Fsp3) is 0.846. The largest absolute Gasteiger partial charge is 0.469 e. The molecule has 0 aliphatic rings. The Morgan fingerprint density at radius 3 is 1.00 bits per heavy atom. The van der Waals surface area contributed by atoms with Crippen LogP contribution in [0.3, 0.4) is 0 Å². The molecule has 0 aromatic heterocycles. The van der Waals surface area contributed by atoms with Crippen LogP contribution >= 0.6 is 0 Å². The number of hydrogen-bond acceptors (Lipinski definition) is 11. The summed E-state index contributed by atoms with van der Waals surface area (Å²) in [5.74, 6) is -2.29. The molecule has 0 heterocycles. The molecule has 0 aliphatic heterocycles. The molecule has 0 radical (unpaired) electrons. The van der Waals surface area contributed by atoms with Gasteiger partial charge in [0, 0.05) is 26.4 Å². The van der Waals surface area contributed by atoms with Gasteiger partial charge in [0.05, 0.1) is 51.1 Å². The van der Waals surface area contributed by atoms with Gasteiger partial charge < -0.3 is 33.2 Å². The second-order valence-corrected chi connectivity index (χ2v) is 8.98. The molecule has 0 N–H and O–H groups in total. The molecule has 11 heteroatoms. The molecule has 0 rings (SSSR count). The molecular weight excluding hydrogens is 488 g/mol. The van der Waals surface area contributed by atoms with E-state index in [0.717, 1.165) is 0 Å². The van der Waals surface area contributed by atoms with E-state index >= 15 is 0 Å². The maximum Gasteiger partial charge on any atom is 0.308 e. The normalized spacial score (nSPS) is 14.2. The first-order chi connectivity index (χ1) is 17.6. The van der Waals surface area contributed by atoms with Crippen LogP contribution in [0.5, 0.6) is 0 Å². The minimum atomic E-state index is -0.336. The van der Waals surface area contributed by atoms with E-state index in [-0.39, 0.29) is 74.0 Å². The number of ether oxygens (including phenoxy) is 7. The van der Waals surface area contributed by atoms with Gasteiger partial charge >= 0.3 is 23.9 Å². The predicted octanol–water partition coefficient (Wildman–Crippen LogP) is 2.57. The number of methoxy groups -OCH3 is 2.